The van der Waals surface area contributed by atoms with Crippen LogP contribution in [-0.4, -0.2) is 115 Å². The van der Waals surface area contributed by atoms with E-state index in [0.717, 1.165) is 42.3 Å². The molecule has 1 N–H and O–H groups in total. The maximum Gasteiger partial charge on any atom is 0.308 e. The zero-order valence-electron chi connectivity index (χ0n) is 26.3. The van der Waals surface area contributed by atoms with E-state index >= 15 is 0 Å². The number of quaternary nitrogens is 1. The van der Waals surface area contributed by atoms with Gasteiger partial charge in [-0.2, -0.15) is 0 Å². The first-order valence-corrected chi connectivity index (χ1v) is 15.4. The molecule has 1 aromatic heterocycles. The van der Waals surface area contributed by atoms with Crippen molar-refractivity contribution in [2.45, 2.75) is 57.4 Å². The second kappa shape index (κ2) is 14.8. The molecule has 236 valence electrons. The summed E-state index contributed by atoms with van der Waals surface area (Å²) in [6, 6.07) is 5.09. The van der Waals surface area contributed by atoms with Crippen molar-refractivity contribution in [1.29, 1.82) is 0 Å². The number of unbranched alkanes of at least 4 members (excludes halogenated alkanes) is 2. The monoisotopic (exact) mass is 598 g/mol. The number of amides is 1. The fourth-order valence-corrected chi connectivity index (χ4v) is 6.16. The number of aryl methyl sites for hydroxylation is 1. The van der Waals surface area contributed by atoms with Crippen molar-refractivity contribution in [1.82, 2.24) is 19.8 Å². The molecule has 0 saturated carbocycles. The molecule has 0 radical (unpaired) electrons. The molecule has 3 heterocycles. The van der Waals surface area contributed by atoms with Crippen LogP contribution in [0.1, 0.15) is 56.3 Å². The smallest absolute Gasteiger partial charge is 0.308 e. The number of methoxy groups -OCH3 is 1. The fraction of sp³-hybridized carbons (Fsp3) is 0.625. The molecule has 11 nitrogen and oxygen atoms in total. The highest BCUT2D eigenvalue weighted by atomic mass is 16.7. The third kappa shape index (κ3) is 8.57. The standard InChI is InChI=1S/C32H47N5O6/c1-6-7-15-35(16-8-9-17-37(2,3)4)29(38)21-36-20-24(23-18-26(41-5)31-27(19-23)42-22-43-31)30(32(39)40)25(36)11-12-28-33-13-10-14-34-28/h10,13-14,18-19,24-25,30H,6-9,11-12,15-17,20-22H2,1-5H3/p+1. The third-order valence-corrected chi connectivity index (χ3v) is 8.40. The van der Waals surface area contributed by atoms with Crippen molar-refractivity contribution >= 4 is 11.9 Å². The Hall–Kier alpha value is -3.44. The zero-order valence-corrected chi connectivity index (χ0v) is 26.3. The summed E-state index contributed by atoms with van der Waals surface area (Å²) in [5, 5.41) is 10.6. The first kappa shape index (κ1) is 32.5. The van der Waals surface area contributed by atoms with Gasteiger partial charge in [-0.15, -0.1) is 0 Å². The minimum atomic E-state index is -0.890. The van der Waals surface area contributed by atoms with Gasteiger partial charge in [0, 0.05) is 50.4 Å². The Labute approximate surface area is 255 Å². The largest absolute Gasteiger partial charge is 0.493 e. The van der Waals surface area contributed by atoms with E-state index in [1.807, 2.05) is 17.0 Å². The molecule has 2 aliphatic rings. The van der Waals surface area contributed by atoms with Gasteiger partial charge in [0.15, 0.2) is 11.5 Å². The normalized spacial score (nSPS) is 19.9. The lowest BCUT2D eigenvalue weighted by Gasteiger charge is -2.30. The van der Waals surface area contributed by atoms with Gasteiger partial charge in [-0.05, 0) is 49.4 Å². The van der Waals surface area contributed by atoms with E-state index in [4.69, 9.17) is 14.2 Å². The average molecular weight is 599 g/mol. The minimum absolute atomic E-state index is 0.0488. The predicted molar refractivity (Wildman–Crippen MR) is 162 cm³/mol. The van der Waals surface area contributed by atoms with Gasteiger partial charge in [0.25, 0.3) is 0 Å². The Morgan fingerprint density at radius 3 is 2.53 bits per heavy atom. The molecular formula is C32H48N5O6+. The van der Waals surface area contributed by atoms with Gasteiger partial charge in [-0.1, -0.05) is 13.3 Å². The minimum Gasteiger partial charge on any atom is -0.493 e. The lowest BCUT2D eigenvalue weighted by atomic mass is 9.83. The number of hydrogen-bond donors (Lipinski definition) is 1. The number of likely N-dealkylation sites (tertiary alicyclic amines) is 1. The van der Waals surface area contributed by atoms with Crippen LogP contribution >= 0.6 is 0 Å². The lowest BCUT2D eigenvalue weighted by molar-refractivity contribution is -0.870. The predicted octanol–water partition coefficient (Wildman–Crippen LogP) is 3.43. The number of carbonyl (C=O) groups excluding carboxylic acids is 1. The Kier molecular flexibility index (Phi) is 11.2. The van der Waals surface area contributed by atoms with Gasteiger partial charge >= 0.3 is 5.97 Å². The van der Waals surface area contributed by atoms with E-state index in [-0.39, 0.29) is 31.2 Å². The molecule has 0 aliphatic carbocycles. The number of hydrogen-bond acceptors (Lipinski definition) is 8. The van der Waals surface area contributed by atoms with Gasteiger partial charge in [0.1, 0.15) is 5.82 Å². The van der Waals surface area contributed by atoms with Crippen molar-refractivity contribution in [2.75, 3.05) is 67.8 Å². The topological polar surface area (TPSA) is 114 Å². The number of carboxylic acids is 1. The highest BCUT2D eigenvalue weighted by Gasteiger charge is 2.47. The van der Waals surface area contributed by atoms with Gasteiger partial charge in [-0.3, -0.25) is 14.5 Å². The van der Waals surface area contributed by atoms with Crippen LogP contribution in [0.4, 0.5) is 0 Å². The summed E-state index contributed by atoms with van der Waals surface area (Å²) in [6.45, 7) is 5.28. The third-order valence-electron chi connectivity index (χ3n) is 8.40. The summed E-state index contributed by atoms with van der Waals surface area (Å²) in [6.07, 6.45) is 8.34. The summed E-state index contributed by atoms with van der Waals surface area (Å²) < 4.78 is 17.7. The zero-order chi connectivity index (χ0) is 31.0. The molecule has 2 aliphatic heterocycles. The average Bonchev–Trinajstić information content (AvgIpc) is 3.60. The fourth-order valence-electron chi connectivity index (χ4n) is 6.16. The summed E-state index contributed by atoms with van der Waals surface area (Å²) in [7, 11) is 8.10. The van der Waals surface area contributed by atoms with Crippen molar-refractivity contribution in [3.8, 4) is 17.2 Å². The molecule has 0 spiro atoms. The molecule has 1 saturated heterocycles. The maximum absolute atomic E-state index is 13.8. The van der Waals surface area contributed by atoms with Crippen LogP contribution in [0, 0.1) is 5.92 Å². The molecule has 1 fully saturated rings. The Balaban J connectivity index is 1.58. The number of aromatic nitrogens is 2. The maximum atomic E-state index is 13.8. The number of fused-ring (bicyclic) bond motifs is 1. The quantitative estimate of drug-likeness (QED) is 0.229. The molecular weight excluding hydrogens is 550 g/mol. The Morgan fingerprint density at radius 2 is 1.86 bits per heavy atom. The number of carboxylic acid groups (broad SMARTS) is 1. The number of aliphatic carboxylic acids is 1. The van der Waals surface area contributed by atoms with Crippen LogP contribution in [0.5, 0.6) is 17.2 Å². The van der Waals surface area contributed by atoms with E-state index in [0.29, 0.717) is 55.5 Å². The van der Waals surface area contributed by atoms with Crippen molar-refractivity contribution in [3.63, 3.8) is 0 Å². The highest BCUT2D eigenvalue weighted by molar-refractivity contribution is 5.79. The number of benzene rings is 1. The molecule has 3 unspecified atom stereocenters. The molecule has 0 bridgehead atoms. The highest BCUT2D eigenvalue weighted by Crippen LogP contribution is 2.47. The second-order valence-electron chi connectivity index (χ2n) is 12.6. The molecule has 4 rings (SSSR count). The molecule has 43 heavy (non-hydrogen) atoms. The van der Waals surface area contributed by atoms with Crippen LogP contribution in [0.2, 0.25) is 0 Å². The van der Waals surface area contributed by atoms with Gasteiger partial charge in [-0.25, -0.2) is 9.97 Å². The van der Waals surface area contributed by atoms with E-state index in [2.05, 4.69) is 42.9 Å². The first-order valence-electron chi connectivity index (χ1n) is 15.4. The first-order chi connectivity index (χ1) is 20.6. The number of rotatable bonds is 16. The van der Waals surface area contributed by atoms with Crippen LogP contribution < -0.4 is 14.2 Å². The molecule has 1 amide bonds. The number of ether oxygens (including phenoxy) is 3. The van der Waals surface area contributed by atoms with Crippen LogP contribution in [0.3, 0.4) is 0 Å². The van der Waals surface area contributed by atoms with E-state index in [1.165, 1.54) is 0 Å². The van der Waals surface area contributed by atoms with Crippen LogP contribution in [-0.2, 0) is 16.0 Å². The summed E-state index contributed by atoms with van der Waals surface area (Å²) in [5.74, 6) is 0.288. The number of carbonyl (C=O) groups is 2. The van der Waals surface area contributed by atoms with Crippen molar-refractivity contribution in [3.05, 3.63) is 42.0 Å². The molecule has 3 atom stereocenters. The molecule has 2 aromatic rings. The van der Waals surface area contributed by atoms with E-state index < -0.39 is 11.9 Å². The van der Waals surface area contributed by atoms with Gasteiger partial charge in [0.05, 0.1) is 47.3 Å². The Bertz CT molecular complexity index is 1220. The van der Waals surface area contributed by atoms with Crippen LogP contribution in [0.25, 0.3) is 0 Å². The van der Waals surface area contributed by atoms with Crippen molar-refractivity contribution < 1.29 is 33.4 Å². The summed E-state index contributed by atoms with van der Waals surface area (Å²) >= 11 is 0. The summed E-state index contributed by atoms with van der Waals surface area (Å²) in [5.41, 5.74) is 0.799. The van der Waals surface area contributed by atoms with E-state index in [9.17, 15) is 14.7 Å². The SMILES string of the molecule is CCCCN(CCCC[N+](C)(C)C)C(=O)CN1CC(c2cc(OC)c3c(c2)OCO3)C(C(=O)O)C1CCc1ncccn1. The Morgan fingerprint density at radius 1 is 1.12 bits per heavy atom. The number of nitrogens with zero attached hydrogens (tertiary/aromatic N) is 5. The van der Waals surface area contributed by atoms with Crippen molar-refractivity contribution in [2.24, 2.45) is 5.92 Å². The van der Waals surface area contributed by atoms with Crippen LogP contribution in [0.15, 0.2) is 30.6 Å². The van der Waals surface area contributed by atoms with E-state index in [1.54, 1.807) is 25.6 Å². The van der Waals surface area contributed by atoms with Gasteiger partial charge in [0.2, 0.25) is 18.4 Å². The molecule has 1 aromatic carbocycles. The second-order valence-corrected chi connectivity index (χ2v) is 12.6. The molecule has 11 heteroatoms. The summed E-state index contributed by atoms with van der Waals surface area (Å²) in [4.78, 5) is 39.5. The van der Waals surface area contributed by atoms with Gasteiger partial charge < -0.3 is 28.7 Å². The lowest BCUT2D eigenvalue weighted by Crippen LogP contribution is -2.45.